The fourth-order valence-electron chi connectivity index (χ4n) is 1.42. The van der Waals surface area contributed by atoms with Gasteiger partial charge >= 0.3 is 0 Å². The summed E-state index contributed by atoms with van der Waals surface area (Å²) in [4.78, 5) is 3.84. The molecule has 1 aromatic heterocycles. The van der Waals surface area contributed by atoms with E-state index in [1.807, 2.05) is 6.92 Å². The first-order valence-corrected chi connectivity index (χ1v) is 9.27. The predicted molar refractivity (Wildman–Crippen MR) is 76.4 cm³/mol. The highest BCUT2D eigenvalue weighted by molar-refractivity contribution is 7.89. The highest BCUT2D eigenvalue weighted by atomic mass is 32.2. The molecular weight excluding hydrogens is 304 g/mol. The van der Waals surface area contributed by atoms with Crippen LogP contribution in [0.4, 0.5) is 5.69 Å². The Morgan fingerprint density at radius 2 is 1.80 bits per heavy atom. The van der Waals surface area contributed by atoms with Gasteiger partial charge in [0.2, 0.25) is 10.0 Å². The van der Waals surface area contributed by atoms with E-state index in [1.165, 1.54) is 6.20 Å². The van der Waals surface area contributed by atoms with Crippen molar-refractivity contribution in [2.75, 3.05) is 31.2 Å². The van der Waals surface area contributed by atoms with E-state index in [4.69, 9.17) is 0 Å². The van der Waals surface area contributed by atoms with Gasteiger partial charge in [-0.3, -0.25) is 0 Å². The number of sulfonamides is 2. The van der Waals surface area contributed by atoms with E-state index in [2.05, 4.69) is 19.7 Å². The average Bonchev–Trinajstić information content (AvgIpc) is 2.35. The van der Waals surface area contributed by atoms with Gasteiger partial charge in [0.15, 0.2) is 5.03 Å². The van der Waals surface area contributed by atoms with Crippen LogP contribution in [0.15, 0.2) is 23.4 Å². The minimum atomic E-state index is -3.79. The first kappa shape index (κ1) is 16.8. The second kappa shape index (κ2) is 6.97. The van der Waals surface area contributed by atoms with Gasteiger partial charge in [-0.25, -0.2) is 31.3 Å². The van der Waals surface area contributed by atoms with Crippen molar-refractivity contribution in [3.05, 3.63) is 18.3 Å². The maximum atomic E-state index is 12.1. The van der Waals surface area contributed by atoms with Gasteiger partial charge in [-0.05, 0) is 19.1 Å². The zero-order valence-corrected chi connectivity index (χ0v) is 12.9. The summed E-state index contributed by atoms with van der Waals surface area (Å²) < 4.78 is 50.3. The smallest absolute Gasteiger partial charge is 0.260 e. The maximum Gasteiger partial charge on any atom is 0.260 e. The Kier molecular flexibility index (Phi) is 5.87. The van der Waals surface area contributed by atoms with Crippen molar-refractivity contribution in [2.45, 2.75) is 11.9 Å². The van der Waals surface area contributed by atoms with Gasteiger partial charge in [0.05, 0.1) is 11.9 Å². The van der Waals surface area contributed by atoms with Gasteiger partial charge in [-0.2, -0.15) is 0 Å². The summed E-state index contributed by atoms with van der Waals surface area (Å²) in [6.45, 7) is 2.32. The molecule has 10 heteroatoms. The molecule has 1 aromatic rings. The lowest BCUT2D eigenvalue weighted by atomic mass is 10.4. The standard InChI is InChI=1S/C10H18N4O4S2/c1-3-11-9-5-4-6-12-10(9)20(17,18)14-8-7-13-19(2,15)16/h4-6,11,13-14H,3,7-8H2,1-2H3. The minimum Gasteiger partial charge on any atom is -0.383 e. The third-order valence-electron chi connectivity index (χ3n) is 2.17. The molecule has 0 saturated carbocycles. The van der Waals surface area contributed by atoms with Crippen LogP contribution in [-0.2, 0) is 20.0 Å². The molecule has 0 aromatic carbocycles. The largest absolute Gasteiger partial charge is 0.383 e. The summed E-state index contributed by atoms with van der Waals surface area (Å²) in [5.41, 5.74) is 0.401. The molecule has 0 aliphatic rings. The van der Waals surface area contributed by atoms with Gasteiger partial charge in [0.25, 0.3) is 10.0 Å². The molecule has 8 nitrogen and oxygen atoms in total. The molecule has 1 heterocycles. The van der Waals surface area contributed by atoms with Crippen LogP contribution in [0.2, 0.25) is 0 Å². The van der Waals surface area contributed by atoms with E-state index in [0.717, 1.165) is 6.26 Å². The van der Waals surface area contributed by atoms with E-state index in [1.54, 1.807) is 12.1 Å². The monoisotopic (exact) mass is 322 g/mol. The van der Waals surface area contributed by atoms with Crippen LogP contribution in [0.3, 0.4) is 0 Å². The van der Waals surface area contributed by atoms with Crippen LogP contribution in [0.25, 0.3) is 0 Å². The number of anilines is 1. The second-order valence-electron chi connectivity index (χ2n) is 3.95. The highest BCUT2D eigenvalue weighted by Crippen LogP contribution is 2.17. The van der Waals surface area contributed by atoms with Crippen molar-refractivity contribution in [1.29, 1.82) is 0 Å². The van der Waals surface area contributed by atoms with Crippen LogP contribution >= 0.6 is 0 Å². The lowest BCUT2D eigenvalue weighted by Gasteiger charge is -2.11. The van der Waals surface area contributed by atoms with Crippen LogP contribution < -0.4 is 14.8 Å². The molecule has 0 radical (unpaired) electrons. The molecule has 0 spiro atoms. The van der Waals surface area contributed by atoms with Gasteiger partial charge < -0.3 is 5.32 Å². The molecule has 3 N–H and O–H groups in total. The number of nitrogens with zero attached hydrogens (tertiary/aromatic N) is 1. The fraction of sp³-hybridized carbons (Fsp3) is 0.500. The van der Waals surface area contributed by atoms with Crippen LogP contribution in [-0.4, -0.2) is 47.7 Å². The van der Waals surface area contributed by atoms with E-state index in [0.29, 0.717) is 12.2 Å². The summed E-state index contributed by atoms with van der Waals surface area (Å²) in [7, 11) is -7.13. The summed E-state index contributed by atoms with van der Waals surface area (Å²) in [6, 6.07) is 3.24. The van der Waals surface area contributed by atoms with Crippen LogP contribution in [0.5, 0.6) is 0 Å². The summed E-state index contributed by atoms with van der Waals surface area (Å²) >= 11 is 0. The quantitative estimate of drug-likeness (QED) is 0.547. The predicted octanol–water partition coefficient (Wildman–Crippen LogP) is -0.659. The normalized spacial score (nSPS) is 12.3. The molecule has 0 aliphatic heterocycles. The van der Waals surface area contributed by atoms with Crippen molar-refractivity contribution < 1.29 is 16.8 Å². The van der Waals surface area contributed by atoms with Crippen molar-refractivity contribution >= 4 is 25.7 Å². The van der Waals surface area contributed by atoms with Crippen molar-refractivity contribution in [1.82, 2.24) is 14.4 Å². The summed E-state index contributed by atoms with van der Waals surface area (Å²) in [5.74, 6) is 0. The molecular formula is C10H18N4O4S2. The first-order chi connectivity index (χ1) is 9.26. The Bertz CT molecular complexity index is 643. The third kappa shape index (κ3) is 5.41. The molecule has 114 valence electrons. The molecule has 1 rings (SSSR count). The first-order valence-electron chi connectivity index (χ1n) is 5.89. The van der Waals surface area contributed by atoms with E-state index in [9.17, 15) is 16.8 Å². The van der Waals surface area contributed by atoms with Crippen molar-refractivity contribution in [3.63, 3.8) is 0 Å². The molecule has 0 unspecified atom stereocenters. The number of hydrogen-bond donors (Lipinski definition) is 3. The topological polar surface area (TPSA) is 117 Å². The van der Waals surface area contributed by atoms with Gasteiger partial charge in [-0.1, -0.05) is 0 Å². The highest BCUT2D eigenvalue weighted by Gasteiger charge is 2.19. The zero-order valence-electron chi connectivity index (χ0n) is 11.3. The Morgan fingerprint density at radius 3 is 2.40 bits per heavy atom. The Labute approximate surface area is 119 Å². The van der Waals surface area contributed by atoms with Crippen LogP contribution in [0, 0.1) is 0 Å². The average molecular weight is 322 g/mol. The molecule has 0 atom stereocenters. The number of pyridine rings is 1. The Hall–Kier alpha value is -1.23. The van der Waals surface area contributed by atoms with Crippen LogP contribution in [0.1, 0.15) is 6.92 Å². The third-order valence-corrected chi connectivity index (χ3v) is 4.32. The molecule has 20 heavy (non-hydrogen) atoms. The lowest BCUT2D eigenvalue weighted by molar-refractivity contribution is 0.571. The molecule has 0 bridgehead atoms. The lowest BCUT2D eigenvalue weighted by Crippen LogP contribution is -2.34. The molecule has 0 fully saturated rings. The maximum absolute atomic E-state index is 12.1. The van der Waals surface area contributed by atoms with Gasteiger partial charge in [0.1, 0.15) is 0 Å². The number of aromatic nitrogens is 1. The van der Waals surface area contributed by atoms with E-state index >= 15 is 0 Å². The van der Waals surface area contributed by atoms with Gasteiger partial charge in [0, 0.05) is 25.8 Å². The zero-order chi connectivity index (χ0) is 15.2. The van der Waals surface area contributed by atoms with E-state index in [-0.39, 0.29) is 18.1 Å². The molecule has 0 amide bonds. The number of nitrogens with one attached hydrogen (secondary N) is 3. The summed E-state index contributed by atoms with van der Waals surface area (Å²) in [6.07, 6.45) is 2.38. The Balaban J connectivity index is 2.74. The molecule has 0 aliphatic carbocycles. The van der Waals surface area contributed by atoms with Gasteiger partial charge in [-0.15, -0.1) is 0 Å². The summed E-state index contributed by atoms with van der Waals surface area (Å²) in [5, 5.41) is 2.79. The number of rotatable bonds is 8. The van der Waals surface area contributed by atoms with E-state index < -0.39 is 20.0 Å². The SMILES string of the molecule is CCNc1cccnc1S(=O)(=O)NCCNS(C)(=O)=O. The minimum absolute atomic E-state index is 0.0264. The fourth-order valence-corrected chi connectivity index (χ4v) is 3.03. The Morgan fingerprint density at radius 1 is 1.15 bits per heavy atom. The van der Waals surface area contributed by atoms with Crippen molar-refractivity contribution in [3.8, 4) is 0 Å². The van der Waals surface area contributed by atoms with Crippen molar-refractivity contribution in [2.24, 2.45) is 0 Å². The molecule has 0 saturated heterocycles. The second-order valence-corrected chi connectivity index (χ2v) is 7.47. The number of hydrogen-bond acceptors (Lipinski definition) is 6.